The summed E-state index contributed by atoms with van der Waals surface area (Å²) in [6, 6.07) is 5.52. The summed E-state index contributed by atoms with van der Waals surface area (Å²) in [6.07, 6.45) is -0.0262. The van der Waals surface area contributed by atoms with Crippen LogP contribution in [0, 0.1) is 23.3 Å². The average Bonchev–Trinajstić information content (AvgIpc) is 2.39. The Kier molecular flexibility index (Phi) is 4.70. The van der Waals surface area contributed by atoms with Crippen LogP contribution < -0.4 is 0 Å². The van der Waals surface area contributed by atoms with E-state index in [2.05, 4.69) is 15.9 Å². The van der Waals surface area contributed by atoms with E-state index < -0.39 is 28.1 Å². The standard InChI is InChI=1S/C14H8BrClF4/c15-9(4-7-2-1-3-11(17)14(7)20)8-5-13(19)10(16)6-12(8)18/h1-3,5-6,9H,4H2. The minimum atomic E-state index is -0.994. The molecule has 2 rings (SSSR count). The van der Waals surface area contributed by atoms with Crippen LogP contribution in [0.25, 0.3) is 0 Å². The molecule has 0 bridgehead atoms. The number of halogens is 6. The Morgan fingerprint density at radius 2 is 1.70 bits per heavy atom. The zero-order valence-corrected chi connectivity index (χ0v) is 12.3. The Balaban J connectivity index is 2.31. The predicted octanol–water partition coefficient (Wildman–Crippen LogP) is 5.58. The molecule has 2 aromatic rings. The predicted molar refractivity (Wildman–Crippen MR) is 73.1 cm³/mol. The Hall–Kier alpha value is -1.07. The lowest BCUT2D eigenvalue weighted by atomic mass is 10.0. The second-order valence-corrected chi connectivity index (χ2v) is 5.68. The van der Waals surface area contributed by atoms with Gasteiger partial charge in [-0.3, -0.25) is 0 Å². The van der Waals surface area contributed by atoms with Gasteiger partial charge in [-0.1, -0.05) is 39.7 Å². The Labute approximate surface area is 126 Å². The Morgan fingerprint density at radius 3 is 2.40 bits per heavy atom. The molecule has 106 valence electrons. The monoisotopic (exact) mass is 366 g/mol. The summed E-state index contributed by atoms with van der Waals surface area (Å²) in [5.74, 6) is -3.46. The summed E-state index contributed by atoms with van der Waals surface area (Å²) >= 11 is 8.61. The third kappa shape index (κ3) is 3.15. The Bertz CT molecular complexity index is 645. The highest BCUT2D eigenvalue weighted by atomic mass is 79.9. The normalized spacial score (nSPS) is 12.5. The third-order valence-corrected chi connectivity index (χ3v) is 3.91. The maximum absolute atomic E-state index is 13.7. The second kappa shape index (κ2) is 6.14. The molecule has 0 aliphatic carbocycles. The van der Waals surface area contributed by atoms with Gasteiger partial charge >= 0.3 is 0 Å². The molecular weight excluding hydrogens is 360 g/mol. The van der Waals surface area contributed by atoms with Gasteiger partial charge in [0.05, 0.1) is 5.02 Å². The summed E-state index contributed by atoms with van der Waals surface area (Å²) in [4.78, 5) is -0.703. The van der Waals surface area contributed by atoms with Gasteiger partial charge < -0.3 is 0 Å². The minimum Gasteiger partial charge on any atom is -0.207 e. The summed E-state index contributed by atoms with van der Waals surface area (Å²) in [5.41, 5.74) is 0.0668. The molecule has 0 spiro atoms. The fourth-order valence-corrected chi connectivity index (χ4v) is 2.64. The van der Waals surface area contributed by atoms with Gasteiger partial charge in [0.1, 0.15) is 11.6 Å². The van der Waals surface area contributed by atoms with Crippen molar-refractivity contribution in [1.82, 2.24) is 0 Å². The van der Waals surface area contributed by atoms with Gasteiger partial charge in [-0.05, 0) is 30.2 Å². The fourth-order valence-electron chi connectivity index (χ4n) is 1.79. The van der Waals surface area contributed by atoms with Crippen molar-refractivity contribution in [3.05, 3.63) is 69.8 Å². The van der Waals surface area contributed by atoms with Gasteiger partial charge in [0.2, 0.25) is 0 Å². The topological polar surface area (TPSA) is 0 Å². The summed E-state index contributed by atoms with van der Waals surface area (Å²) in [5, 5.41) is -0.331. The quantitative estimate of drug-likeness (QED) is 0.378. The first-order valence-electron chi connectivity index (χ1n) is 5.61. The molecule has 1 unspecified atom stereocenters. The van der Waals surface area contributed by atoms with Crippen LogP contribution in [0.3, 0.4) is 0 Å². The first kappa shape index (κ1) is 15.3. The van der Waals surface area contributed by atoms with Crippen LogP contribution in [-0.4, -0.2) is 0 Å². The molecule has 0 aromatic heterocycles. The van der Waals surface area contributed by atoms with E-state index in [4.69, 9.17) is 11.6 Å². The van der Waals surface area contributed by atoms with Crippen molar-refractivity contribution in [3.8, 4) is 0 Å². The maximum Gasteiger partial charge on any atom is 0.162 e. The van der Waals surface area contributed by atoms with Crippen molar-refractivity contribution < 1.29 is 17.6 Å². The van der Waals surface area contributed by atoms with Crippen molar-refractivity contribution in [3.63, 3.8) is 0 Å². The third-order valence-electron chi connectivity index (χ3n) is 2.81. The largest absolute Gasteiger partial charge is 0.207 e. The molecule has 0 amide bonds. The van der Waals surface area contributed by atoms with Crippen LogP contribution in [0.15, 0.2) is 30.3 Å². The summed E-state index contributed by atoms with van der Waals surface area (Å²) in [6.45, 7) is 0. The van der Waals surface area contributed by atoms with Gasteiger partial charge in [0.25, 0.3) is 0 Å². The number of benzene rings is 2. The van der Waals surface area contributed by atoms with Crippen LogP contribution in [0.2, 0.25) is 5.02 Å². The van der Waals surface area contributed by atoms with E-state index in [0.717, 1.165) is 18.2 Å². The molecule has 0 N–H and O–H groups in total. The summed E-state index contributed by atoms with van der Waals surface area (Å²) < 4.78 is 53.7. The highest BCUT2D eigenvalue weighted by Gasteiger charge is 2.19. The zero-order chi connectivity index (χ0) is 14.9. The second-order valence-electron chi connectivity index (χ2n) is 4.17. The van der Waals surface area contributed by atoms with Crippen LogP contribution in [-0.2, 0) is 6.42 Å². The molecule has 0 nitrogen and oxygen atoms in total. The highest BCUT2D eigenvalue weighted by Crippen LogP contribution is 2.32. The number of rotatable bonds is 3. The molecule has 1 atom stereocenters. The minimum absolute atomic E-state index is 0.00411. The number of hydrogen-bond donors (Lipinski definition) is 0. The lowest BCUT2D eigenvalue weighted by molar-refractivity contribution is 0.497. The van der Waals surface area contributed by atoms with Crippen molar-refractivity contribution in [1.29, 1.82) is 0 Å². The molecule has 0 fully saturated rings. The molecule has 0 aliphatic heterocycles. The van der Waals surface area contributed by atoms with Gasteiger partial charge in [-0.2, -0.15) is 0 Å². The zero-order valence-electron chi connectivity index (χ0n) is 9.94. The van der Waals surface area contributed by atoms with E-state index >= 15 is 0 Å². The summed E-state index contributed by atoms with van der Waals surface area (Å²) in [7, 11) is 0. The van der Waals surface area contributed by atoms with Gasteiger partial charge in [0, 0.05) is 10.4 Å². The molecule has 2 aromatic carbocycles. The van der Waals surface area contributed by atoms with E-state index in [-0.39, 0.29) is 22.6 Å². The van der Waals surface area contributed by atoms with Crippen molar-refractivity contribution in [2.24, 2.45) is 0 Å². The van der Waals surface area contributed by atoms with Crippen molar-refractivity contribution >= 4 is 27.5 Å². The number of hydrogen-bond acceptors (Lipinski definition) is 0. The van der Waals surface area contributed by atoms with Crippen LogP contribution >= 0.6 is 27.5 Å². The Morgan fingerprint density at radius 1 is 1.00 bits per heavy atom. The molecule has 0 saturated carbocycles. The van der Waals surface area contributed by atoms with Gasteiger partial charge in [-0.25, -0.2) is 17.6 Å². The smallest absolute Gasteiger partial charge is 0.162 e. The first-order chi connectivity index (χ1) is 9.40. The van der Waals surface area contributed by atoms with E-state index in [9.17, 15) is 17.6 Å². The lowest BCUT2D eigenvalue weighted by Gasteiger charge is -2.13. The molecule has 20 heavy (non-hydrogen) atoms. The van der Waals surface area contributed by atoms with Gasteiger partial charge in [0.15, 0.2) is 11.6 Å². The molecule has 0 radical (unpaired) electrons. The van der Waals surface area contributed by atoms with E-state index in [1.807, 2.05) is 0 Å². The van der Waals surface area contributed by atoms with E-state index in [1.54, 1.807) is 0 Å². The molecular formula is C14H8BrClF4. The van der Waals surface area contributed by atoms with Crippen LogP contribution in [0.4, 0.5) is 17.6 Å². The fraction of sp³-hybridized carbons (Fsp3) is 0.143. The van der Waals surface area contributed by atoms with Crippen molar-refractivity contribution in [2.75, 3.05) is 0 Å². The molecule has 0 aliphatic rings. The number of alkyl halides is 1. The maximum atomic E-state index is 13.7. The van der Waals surface area contributed by atoms with E-state index in [1.165, 1.54) is 12.1 Å². The van der Waals surface area contributed by atoms with Crippen molar-refractivity contribution in [2.45, 2.75) is 11.2 Å². The van der Waals surface area contributed by atoms with Crippen LogP contribution in [0.5, 0.6) is 0 Å². The molecule has 0 saturated heterocycles. The molecule has 6 heteroatoms. The molecule has 0 heterocycles. The highest BCUT2D eigenvalue weighted by molar-refractivity contribution is 9.09. The SMILES string of the molecule is Fc1cc(C(Br)Cc2cccc(F)c2F)c(F)cc1Cl. The van der Waals surface area contributed by atoms with Crippen LogP contribution in [0.1, 0.15) is 16.0 Å². The first-order valence-corrected chi connectivity index (χ1v) is 6.91. The average molecular weight is 368 g/mol. The van der Waals surface area contributed by atoms with Gasteiger partial charge in [-0.15, -0.1) is 0 Å². The van der Waals surface area contributed by atoms with E-state index in [0.29, 0.717) is 0 Å². The lowest BCUT2D eigenvalue weighted by Crippen LogP contribution is -2.03.